The van der Waals surface area contributed by atoms with Crippen LogP contribution in [0.5, 0.6) is 0 Å². The van der Waals surface area contributed by atoms with Gasteiger partial charge in [-0.05, 0) is 61.5 Å². The van der Waals surface area contributed by atoms with Gasteiger partial charge in [0, 0.05) is 7.11 Å². The molecule has 0 N–H and O–H groups in total. The Labute approximate surface area is 124 Å². The van der Waals surface area contributed by atoms with Gasteiger partial charge in [-0.2, -0.15) is 0 Å². The van der Waals surface area contributed by atoms with Crippen LogP contribution in [0.2, 0.25) is 0 Å². The second-order valence-electron chi connectivity index (χ2n) is 6.11. The molecule has 1 aromatic carbocycles. The summed E-state index contributed by atoms with van der Waals surface area (Å²) in [5.41, 5.74) is 2.80. The fourth-order valence-electron chi connectivity index (χ4n) is 3.39. The Balaban J connectivity index is 1.79. The quantitative estimate of drug-likeness (QED) is 0.473. The summed E-state index contributed by atoms with van der Waals surface area (Å²) in [6, 6.07) is 9.04. The van der Waals surface area contributed by atoms with Crippen LogP contribution in [0.25, 0.3) is 0 Å². The molecule has 1 aromatic rings. The van der Waals surface area contributed by atoms with E-state index in [1.807, 2.05) is 6.08 Å². The van der Waals surface area contributed by atoms with Gasteiger partial charge in [0.05, 0.1) is 6.61 Å². The Morgan fingerprint density at radius 1 is 1.15 bits per heavy atom. The highest BCUT2D eigenvalue weighted by atomic mass is 16.5. The number of allylic oxidation sites excluding steroid dienone is 1. The molecule has 0 radical (unpaired) electrons. The van der Waals surface area contributed by atoms with Crippen LogP contribution < -0.4 is 0 Å². The second kappa shape index (κ2) is 8.26. The molecular weight excluding hydrogens is 244 g/mol. The van der Waals surface area contributed by atoms with E-state index in [1.165, 1.54) is 56.1 Å². The maximum Gasteiger partial charge on any atom is 0.0713 e. The van der Waals surface area contributed by atoms with Crippen molar-refractivity contribution in [1.29, 1.82) is 0 Å². The molecule has 1 heteroatoms. The van der Waals surface area contributed by atoms with E-state index in [2.05, 4.69) is 30.8 Å². The molecule has 0 saturated heterocycles. The lowest BCUT2D eigenvalue weighted by Gasteiger charge is -2.29. The molecule has 0 aliphatic heterocycles. The SMILES string of the molecule is C=CCCCC1CCC(c2ccc(COC)cc2)CC1. The summed E-state index contributed by atoms with van der Waals surface area (Å²) in [4.78, 5) is 0. The van der Waals surface area contributed by atoms with E-state index in [1.54, 1.807) is 7.11 Å². The molecule has 2 rings (SSSR count). The monoisotopic (exact) mass is 272 g/mol. The summed E-state index contributed by atoms with van der Waals surface area (Å²) in [5.74, 6) is 1.74. The van der Waals surface area contributed by atoms with E-state index in [0.29, 0.717) is 0 Å². The first-order valence-corrected chi connectivity index (χ1v) is 8.02. The molecule has 1 saturated carbocycles. The fraction of sp³-hybridized carbons (Fsp3) is 0.579. The molecule has 0 heterocycles. The van der Waals surface area contributed by atoms with Crippen LogP contribution >= 0.6 is 0 Å². The number of unbranched alkanes of at least 4 members (excludes halogenated alkanes) is 1. The minimum absolute atomic E-state index is 0.719. The fourth-order valence-corrected chi connectivity index (χ4v) is 3.39. The van der Waals surface area contributed by atoms with Crippen molar-refractivity contribution in [2.45, 2.75) is 57.5 Å². The summed E-state index contributed by atoms with van der Waals surface area (Å²) in [5, 5.41) is 0. The minimum atomic E-state index is 0.719. The number of hydrogen-bond acceptors (Lipinski definition) is 1. The summed E-state index contributed by atoms with van der Waals surface area (Å²) in [7, 11) is 1.75. The van der Waals surface area contributed by atoms with Gasteiger partial charge in [-0.3, -0.25) is 0 Å². The van der Waals surface area contributed by atoms with Gasteiger partial charge in [0.2, 0.25) is 0 Å². The standard InChI is InChI=1S/C19H28O/c1-3-4-5-6-16-7-11-18(12-8-16)19-13-9-17(10-14-19)15-20-2/h3,9-10,13-14,16,18H,1,4-8,11-12,15H2,2H3. The molecule has 1 aliphatic rings. The van der Waals surface area contributed by atoms with Crippen molar-refractivity contribution in [2.75, 3.05) is 7.11 Å². The Bertz CT molecular complexity index is 385. The number of ether oxygens (including phenoxy) is 1. The van der Waals surface area contributed by atoms with Gasteiger partial charge in [0.15, 0.2) is 0 Å². The van der Waals surface area contributed by atoms with Crippen molar-refractivity contribution >= 4 is 0 Å². The summed E-state index contributed by atoms with van der Waals surface area (Å²) in [6.07, 6.45) is 11.5. The van der Waals surface area contributed by atoms with Crippen molar-refractivity contribution in [3.63, 3.8) is 0 Å². The van der Waals surface area contributed by atoms with Crippen LogP contribution in [0.1, 0.15) is 62.0 Å². The van der Waals surface area contributed by atoms with Gasteiger partial charge >= 0.3 is 0 Å². The summed E-state index contributed by atoms with van der Waals surface area (Å²) < 4.78 is 5.17. The van der Waals surface area contributed by atoms with Gasteiger partial charge in [0.25, 0.3) is 0 Å². The molecule has 110 valence electrons. The molecule has 1 fully saturated rings. The van der Waals surface area contributed by atoms with Gasteiger partial charge in [-0.1, -0.05) is 36.8 Å². The Hall–Kier alpha value is -1.08. The van der Waals surface area contributed by atoms with Gasteiger partial charge < -0.3 is 4.74 Å². The maximum absolute atomic E-state index is 5.17. The normalized spacial score (nSPS) is 22.6. The van der Waals surface area contributed by atoms with Crippen LogP contribution in [-0.4, -0.2) is 7.11 Å². The van der Waals surface area contributed by atoms with E-state index >= 15 is 0 Å². The van der Waals surface area contributed by atoms with Crippen LogP contribution in [0, 0.1) is 5.92 Å². The van der Waals surface area contributed by atoms with Crippen LogP contribution in [0.3, 0.4) is 0 Å². The molecule has 1 nitrogen and oxygen atoms in total. The molecule has 0 amide bonds. The molecule has 0 bridgehead atoms. The van der Waals surface area contributed by atoms with Gasteiger partial charge in [-0.15, -0.1) is 6.58 Å². The average molecular weight is 272 g/mol. The first kappa shape index (κ1) is 15.3. The maximum atomic E-state index is 5.17. The number of hydrogen-bond donors (Lipinski definition) is 0. The zero-order valence-electron chi connectivity index (χ0n) is 12.8. The lowest BCUT2D eigenvalue weighted by Crippen LogP contribution is -2.13. The Kier molecular flexibility index (Phi) is 6.32. The van der Waals surface area contributed by atoms with E-state index in [0.717, 1.165) is 18.4 Å². The molecule has 0 atom stereocenters. The zero-order chi connectivity index (χ0) is 14.2. The molecule has 0 aromatic heterocycles. The van der Waals surface area contributed by atoms with E-state index in [-0.39, 0.29) is 0 Å². The predicted molar refractivity (Wildman–Crippen MR) is 85.9 cm³/mol. The van der Waals surface area contributed by atoms with E-state index < -0.39 is 0 Å². The largest absolute Gasteiger partial charge is 0.380 e. The van der Waals surface area contributed by atoms with E-state index in [9.17, 15) is 0 Å². The van der Waals surface area contributed by atoms with Crippen LogP contribution in [0.15, 0.2) is 36.9 Å². The minimum Gasteiger partial charge on any atom is -0.380 e. The summed E-state index contributed by atoms with van der Waals surface area (Å²) >= 11 is 0. The van der Waals surface area contributed by atoms with Crippen molar-refractivity contribution in [1.82, 2.24) is 0 Å². The smallest absolute Gasteiger partial charge is 0.0713 e. The number of benzene rings is 1. The van der Waals surface area contributed by atoms with Crippen LogP contribution in [0.4, 0.5) is 0 Å². The highest BCUT2D eigenvalue weighted by Gasteiger charge is 2.21. The third-order valence-electron chi connectivity index (χ3n) is 4.63. The molecule has 0 spiro atoms. The second-order valence-corrected chi connectivity index (χ2v) is 6.11. The van der Waals surface area contributed by atoms with Crippen molar-refractivity contribution in [3.8, 4) is 0 Å². The molecule has 20 heavy (non-hydrogen) atoms. The lowest BCUT2D eigenvalue weighted by molar-refractivity contribution is 0.185. The summed E-state index contributed by atoms with van der Waals surface area (Å²) in [6.45, 7) is 4.52. The zero-order valence-corrected chi connectivity index (χ0v) is 12.8. The van der Waals surface area contributed by atoms with Gasteiger partial charge in [0.1, 0.15) is 0 Å². The lowest BCUT2D eigenvalue weighted by atomic mass is 9.77. The van der Waals surface area contributed by atoms with Crippen molar-refractivity contribution in [2.24, 2.45) is 5.92 Å². The van der Waals surface area contributed by atoms with Crippen molar-refractivity contribution in [3.05, 3.63) is 48.0 Å². The highest BCUT2D eigenvalue weighted by molar-refractivity contribution is 5.25. The third kappa shape index (κ3) is 4.49. The number of methoxy groups -OCH3 is 1. The van der Waals surface area contributed by atoms with Crippen molar-refractivity contribution < 1.29 is 4.74 Å². The number of rotatable bonds is 7. The topological polar surface area (TPSA) is 9.23 Å². The Morgan fingerprint density at radius 3 is 2.45 bits per heavy atom. The van der Waals surface area contributed by atoms with Crippen LogP contribution in [-0.2, 0) is 11.3 Å². The molecule has 0 unspecified atom stereocenters. The first-order valence-electron chi connectivity index (χ1n) is 8.02. The predicted octanol–water partition coefficient (Wildman–Crippen LogP) is 5.46. The third-order valence-corrected chi connectivity index (χ3v) is 4.63. The first-order chi connectivity index (χ1) is 9.83. The van der Waals surface area contributed by atoms with E-state index in [4.69, 9.17) is 4.74 Å². The van der Waals surface area contributed by atoms with Gasteiger partial charge in [-0.25, -0.2) is 0 Å². The Morgan fingerprint density at radius 2 is 1.85 bits per heavy atom. The average Bonchev–Trinajstić information content (AvgIpc) is 2.49. The molecular formula is C19H28O. The molecule has 1 aliphatic carbocycles. The highest BCUT2D eigenvalue weighted by Crippen LogP contribution is 2.37.